The summed E-state index contributed by atoms with van der Waals surface area (Å²) in [7, 11) is 0. The van der Waals surface area contributed by atoms with Crippen molar-refractivity contribution < 1.29 is 13.7 Å². The molecule has 0 fully saturated rings. The van der Waals surface area contributed by atoms with Crippen molar-refractivity contribution in [3.63, 3.8) is 0 Å². The predicted molar refractivity (Wildman–Crippen MR) is 256 cm³/mol. The Morgan fingerprint density at radius 3 is 1.37 bits per heavy atom. The normalized spacial score (nSPS) is 13.8. The third kappa shape index (κ3) is 6.06. The molecule has 0 aliphatic carbocycles. The van der Waals surface area contributed by atoms with Crippen molar-refractivity contribution in [1.29, 1.82) is 0 Å². The molecule has 5 nitrogen and oxygen atoms in total. The lowest BCUT2D eigenvalue weighted by atomic mass is 9.99. The second kappa shape index (κ2) is 14.7. The molecule has 0 aliphatic rings. The largest absolute Gasteiger partial charge is 0.309 e. The van der Waals surface area contributed by atoms with Gasteiger partial charge in [0.05, 0.1) is 35.8 Å². The maximum atomic E-state index is 10.4. The second-order valence-corrected chi connectivity index (χ2v) is 14.9. The molecule has 12 aromatic rings. The van der Waals surface area contributed by atoms with Crippen LogP contribution in [0.25, 0.3) is 111 Å². The SMILES string of the molecule is [2H]c1c([2H])c([2H])c2c(c1[2H])c1c([2H])c3c4c([2H])c([2H])c([2H])c([2H])c4n(-c4nc(-c5ccccc5)nc(-c5cccc(-c6ccccc6)c5)n4)c3c([2H])c1n2-c1cccc(-c2cccc(-c3ccccc3)c2)c1. The van der Waals surface area contributed by atoms with Gasteiger partial charge < -0.3 is 4.57 Å². The van der Waals surface area contributed by atoms with Gasteiger partial charge in [0, 0.05) is 38.4 Å². The van der Waals surface area contributed by atoms with Crippen LogP contribution in [0.5, 0.6) is 0 Å². The molecule has 0 N–H and O–H groups in total. The molecule has 0 amide bonds. The first-order valence-corrected chi connectivity index (χ1v) is 20.1. The summed E-state index contributed by atoms with van der Waals surface area (Å²) in [5.41, 5.74) is 7.17. The topological polar surface area (TPSA) is 48.5 Å². The smallest absolute Gasteiger partial charge is 0.238 e. The lowest BCUT2D eigenvalue weighted by Gasteiger charge is -2.13. The summed E-state index contributed by atoms with van der Waals surface area (Å²) in [6.45, 7) is 0. The lowest BCUT2D eigenvalue weighted by molar-refractivity contribution is 0.953. The number of fused-ring (bicyclic) bond motifs is 6. The molecule has 0 bridgehead atoms. The van der Waals surface area contributed by atoms with Crippen LogP contribution < -0.4 is 0 Å². The van der Waals surface area contributed by atoms with Gasteiger partial charge in [0.2, 0.25) is 5.95 Å². The van der Waals surface area contributed by atoms with Gasteiger partial charge in [-0.3, -0.25) is 4.57 Å². The lowest BCUT2D eigenvalue weighted by Crippen LogP contribution is -2.06. The fourth-order valence-corrected chi connectivity index (χ4v) is 8.28. The van der Waals surface area contributed by atoms with Crippen molar-refractivity contribution in [2.75, 3.05) is 0 Å². The van der Waals surface area contributed by atoms with Gasteiger partial charge in [-0.2, -0.15) is 9.97 Å². The minimum Gasteiger partial charge on any atom is -0.309 e. The van der Waals surface area contributed by atoms with Crippen molar-refractivity contribution >= 4 is 43.6 Å². The van der Waals surface area contributed by atoms with E-state index in [9.17, 15) is 8.22 Å². The maximum absolute atomic E-state index is 10.4. The minimum absolute atomic E-state index is 0.0106. The third-order valence-corrected chi connectivity index (χ3v) is 11.2. The summed E-state index contributed by atoms with van der Waals surface area (Å²) in [6.07, 6.45) is 0. The zero-order valence-electron chi connectivity index (χ0n) is 42.8. The van der Waals surface area contributed by atoms with Gasteiger partial charge in [-0.05, 0) is 81.8 Å². The van der Waals surface area contributed by atoms with Gasteiger partial charge in [0.15, 0.2) is 11.6 Å². The van der Waals surface area contributed by atoms with Crippen molar-refractivity contribution in [3.8, 4) is 67.8 Å². The van der Waals surface area contributed by atoms with Crippen LogP contribution in [-0.2, 0) is 0 Å². The molecular formula is C57H37N5. The van der Waals surface area contributed by atoms with Crippen LogP contribution in [0.1, 0.15) is 13.7 Å². The highest BCUT2D eigenvalue weighted by Gasteiger charge is 2.21. The van der Waals surface area contributed by atoms with Gasteiger partial charge in [-0.1, -0.05) is 176 Å². The molecule has 290 valence electrons. The summed E-state index contributed by atoms with van der Waals surface area (Å²) >= 11 is 0. The first-order valence-electron chi connectivity index (χ1n) is 25.1. The number of nitrogens with zero attached hydrogens (tertiary/aromatic N) is 5. The van der Waals surface area contributed by atoms with E-state index in [0.29, 0.717) is 16.8 Å². The first-order chi connectivity index (χ1) is 34.9. The highest BCUT2D eigenvalue weighted by Crippen LogP contribution is 2.40. The van der Waals surface area contributed by atoms with E-state index in [1.807, 2.05) is 152 Å². The van der Waals surface area contributed by atoms with Crippen LogP contribution in [0, 0.1) is 0 Å². The van der Waals surface area contributed by atoms with Crippen LogP contribution in [-0.4, -0.2) is 24.1 Å². The molecule has 5 heteroatoms. The summed E-state index contributed by atoms with van der Waals surface area (Å²) < 4.78 is 96.8. The average molecular weight is 802 g/mol. The number of rotatable bonds is 7. The number of hydrogen-bond acceptors (Lipinski definition) is 3. The zero-order valence-corrected chi connectivity index (χ0v) is 32.8. The van der Waals surface area contributed by atoms with E-state index < -0.39 is 42.3 Å². The van der Waals surface area contributed by atoms with Crippen LogP contribution >= 0.6 is 0 Å². The highest BCUT2D eigenvalue weighted by molar-refractivity contribution is 6.19. The van der Waals surface area contributed by atoms with Crippen molar-refractivity contribution in [2.45, 2.75) is 0 Å². The number of aromatic nitrogens is 5. The average Bonchev–Trinajstić information content (AvgIpc) is 3.99. The Morgan fingerprint density at radius 1 is 0.323 bits per heavy atom. The predicted octanol–water partition coefficient (Wildman–Crippen LogP) is 14.4. The standard InChI is InChI=1S/C57H37N5/c1-4-17-38(18-5-1)41-23-14-25-43(33-41)44-26-16-28-46(35-44)61-51-31-12-10-29-47(51)49-36-50-48-30-11-13-32-52(48)62(54(50)37-53(49)61)57-59-55(40-21-8-3-9-22-40)58-56(60-57)45-27-15-24-42(34-45)39-19-6-2-7-20-39/h1-37H/i10D,11D,12D,13D,29D,30D,31D,32D,36D,37D. The van der Waals surface area contributed by atoms with E-state index in [-0.39, 0.29) is 79.3 Å². The molecule has 12 rings (SSSR count). The molecular weight excluding hydrogens is 755 g/mol. The Labute approximate surface area is 372 Å². The van der Waals surface area contributed by atoms with E-state index in [0.717, 1.165) is 33.4 Å². The Morgan fingerprint density at radius 2 is 0.758 bits per heavy atom. The molecule has 0 aliphatic heterocycles. The summed E-state index contributed by atoms with van der Waals surface area (Å²) in [5.74, 6) is 0.381. The van der Waals surface area contributed by atoms with E-state index in [2.05, 4.69) is 6.07 Å². The Bertz CT molecular complexity index is 4220. The Hall–Kier alpha value is -8.41. The molecule has 0 unspecified atom stereocenters. The quantitative estimate of drug-likeness (QED) is 0.161. The van der Waals surface area contributed by atoms with Crippen LogP contribution in [0.15, 0.2) is 224 Å². The molecule has 62 heavy (non-hydrogen) atoms. The second-order valence-electron chi connectivity index (χ2n) is 14.9. The number of benzene rings is 9. The Kier molecular flexibility index (Phi) is 6.31. The van der Waals surface area contributed by atoms with Gasteiger partial charge in [0.1, 0.15) is 0 Å². The van der Waals surface area contributed by atoms with E-state index in [1.54, 1.807) is 10.6 Å². The molecule has 0 spiro atoms. The third-order valence-electron chi connectivity index (χ3n) is 11.2. The van der Waals surface area contributed by atoms with E-state index in [1.165, 1.54) is 4.57 Å². The number of hydrogen-bond donors (Lipinski definition) is 0. The molecule has 0 saturated carbocycles. The van der Waals surface area contributed by atoms with Crippen molar-refractivity contribution in [2.24, 2.45) is 0 Å². The van der Waals surface area contributed by atoms with Crippen LogP contribution in [0.4, 0.5) is 0 Å². The van der Waals surface area contributed by atoms with E-state index in [4.69, 9.17) is 20.4 Å². The molecule has 0 radical (unpaired) electrons. The molecule has 3 heterocycles. The van der Waals surface area contributed by atoms with Gasteiger partial charge >= 0.3 is 0 Å². The maximum Gasteiger partial charge on any atom is 0.238 e. The van der Waals surface area contributed by atoms with Gasteiger partial charge in [-0.15, -0.1) is 0 Å². The molecule has 0 atom stereocenters. The summed E-state index contributed by atoms with van der Waals surface area (Å²) in [4.78, 5) is 15.0. The van der Waals surface area contributed by atoms with Crippen LogP contribution in [0.3, 0.4) is 0 Å². The minimum atomic E-state index is -0.561. The fourth-order valence-electron chi connectivity index (χ4n) is 8.28. The summed E-state index contributed by atoms with van der Waals surface area (Å²) in [6, 6.07) is 47.7. The highest BCUT2D eigenvalue weighted by atomic mass is 15.2. The first kappa shape index (κ1) is 26.6. The van der Waals surface area contributed by atoms with E-state index >= 15 is 0 Å². The molecule has 9 aromatic carbocycles. The molecule has 0 saturated heterocycles. The fraction of sp³-hybridized carbons (Fsp3) is 0. The van der Waals surface area contributed by atoms with Gasteiger partial charge in [0.25, 0.3) is 0 Å². The van der Waals surface area contributed by atoms with Crippen molar-refractivity contribution in [3.05, 3.63) is 224 Å². The molecule has 3 aromatic heterocycles. The van der Waals surface area contributed by atoms with Crippen LogP contribution in [0.2, 0.25) is 0 Å². The zero-order chi connectivity index (χ0) is 49.7. The monoisotopic (exact) mass is 801 g/mol. The van der Waals surface area contributed by atoms with Crippen molar-refractivity contribution in [1.82, 2.24) is 24.1 Å². The van der Waals surface area contributed by atoms with Gasteiger partial charge in [-0.25, -0.2) is 4.98 Å². The number of para-hydroxylation sites is 2. The summed E-state index contributed by atoms with van der Waals surface area (Å²) in [5, 5.41) is -0.118. The Balaban J connectivity index is 1.22.